The quantitative estimate of drug-likeness (QED) is 0.603. The van der Waals surface area contributed by atoms with Gasteiger partial charge in [-0.15, -0.1) is 0 Å². The molecule has 2 heterocycles. The topological polar surface area (TPSA) is 63.0 Å². The minimum absolute atomic E-state index is 0.0552. The number of hydrogen-bond acceptors (Lipinski definition) is 4. The van der Waals surface area contributed by atoms with Crippen molar-refractivity contribution in [2.45, 2.75) is 32.7 Å². The van der Waals surface area contributed by atoms with Crippen molar-refractivity contribution in [1.82, 2.24) is 4.90 Å². The number of nitrogens with zero attached hydrogens (tertiary/aromatic N) is 2. The van der Waals surface area contributed by atoms with Crippen molar-refractivity contribution in [1.29, 1.82) is 0 Å². The molecule has 0 radical (unpaired) electrons. The predicted octanol–water partition coefficient (Wildman–Crippen LogP) is 4.55. The highest BCUT2D eigenvalue weighted by atomic mass is 16.5. The first-order chi connectivity index (χ1) is 14.6. The first kappa shape index (κ1) is 20.0. The van der Waals surface area contributed by atoms with Crippen molar-refractivity contribution in [2.75, 3.05) is 24.6 Å². The van der Waals surface area contributed by atoms with Crippen molar-refractivity contribution < 1.29 is 18.7 Å². The minimum atomic E-state index is -0.200. The second-order valence-electron chi connectivity index (χ2n) is 7.40. The van der Waals surface area contributed by atoms with Crippen molar-refractivity contribution >= 4 is 28.5 Å². The Morgan fingerprint density at radius 1 is 1.10 bits per heavy atom. The van der Waals surface area contributed by atoms with E-state index in [-0.39, 0.29) is 30.7 Å². The molecule has 0 saturated heterocycles. The lowest BCUT2D eigenvalue weighted by Gasteiger charge is -2.30. The maximum Gasteiger partial charge on any atom is 0.227 e. The third-order valence-corrected chi connectivity index (χ3v) is 5.57. The van der Waals surface area contributed by atoms with Crippen LogP contribution in [0.1, 0.15) is 38.5 Å². The number of benzene rings is 2. The molecule has 1 aromatic heterocycles. The first-order valence-corrected chi connectivity index (χ1v) is 10.4. The van der Waals surface area contributed by atoms with E-state index in [1.54, 1.807) is 9.80 Å². The highest BCUT2D eigenvalue weighted by Crippen LogP contribution is 2.32. The van der Waals surface area contributed by atoms with E-state index in [0.717, 1.165) is 22.4 Å². The molecule has 2 aromatic carbocycles. The maximum absolute atomic E-state index is 12.9. The van der Waals surface area contributed by atoms with Crippen LogP contribution in [0.25, 0.3) is 11.0 Å². The number of carbonyl (C=O) groups is 2. The van der Waals surface area contributed by atoms with Gasteiger partial charge in [-0.2, -0.15) is 0 Å². The summed E-state index contributed by atoms with van der Waals surface area (Å²) in [6, 6.07) is 17.1. The fourth-order valence-electron chi connectivity index (χ4n) is 3.95. The van der Waals surface area contributed by atoms with Crippen LogP contribution >= 0.6 is 0 Å². The molecule has 0 spiro atoms. The zero-order valence-electron chi connectivity index (χ0n) is 17.3. The Labute approximate surface area is 176 Å². The van der Waals surface area contributed by atoms with E-state index in [1.165, 1.54) is 0 Å². The molecule has 156 valence electrons. The molecule has 0 N–H and O–H groups in total. The fourth-order valence-corrected chi connectivity index (χ4v) is 3.95. The number of amides is 2. The summed E-state index contributed by atoms with van der Waals surface area (Å²) in [5, 5.41) is 1.02. The lowest BCUT2D eigenvalue weighted by molar-refractivity contribution is -0.135. The number of anilines is 1. The molecule has 6 nitrogen and oxygen atoms in total. The lowest BCUT2D eigenvalue weighted by atomic mass is 10.1. The van der Waals surface area contributed by atoms with Crippen molar-refractivity contribution in [2.24, 2.45) is 0 Å². The van der Waals surface area contributed by atoms with Gasteiger partial charge >= 0.3 is 0 Å². The van der Waals surface area contributed by atoms with Gasteiger partial charge in [0, 0.05) is 24.8 Å². The molecule has 6 heteroatoms. The molecule has 2 amide bonds. The second-order valence-corrected chi connectivity index (χ2v) is 7.40. The first-order valence-electron chi connectivity index (χ1n) is 10.4. The van der Waals surface area contributed by atoms with E-state index in [4.69, 9.17) is 9.15 Å². The summed E-state index contributed by atoms with van der Waals surface area (Å²) in [6.07, 6.45) is 0.327. The molecule has 30 heavy (non-hydrogen) atoms. The van der Waals surface area contributed by atoms with Crippen molar-refractivity contribution in [3.63, 3.8) is 0 Å². The van der Waals surface area contributed by atoms with Crippen LogP contribution in [0.15, 0.2) is 59.0 Å². The molecule has 4 rings (SSSR count). The molecular weight excluding hydrogens is 380 g/mol. The van der Waals surface area contributed by atoms with Crippen LogP contribution in [0, 0.1) is 0 Å². The third-order valence-electron chi connectivity index (χ3n) is 5.57. The van der Waals surface area contributed by atoms with Gasteiger partial charge in [-0.05, 0) is 38.1 Å². The van der Waals surface area contributed by atoms with Gasteiger partial charge in [0.1, 0.15) is 23.7 Å². The Morgan fingerprint density at radius 3 is 2.67 bits per heavy atom. The van der Waals surface area contributed by atoms with Crippen LogP contribution in [0.2, 0.25) is 0 Å². The Hall–Kier alpha value is -3.28. The van der Waals surface area contributed by atoms with E-state index >= 15 is 0 Å². The summed E-state index contributed by atoms with van der Waals surface area (Å²) < 4.78 is 11.6. The molecular formula is C24H26N2O4. The number of para-hydroxylation sites is 3. The average molecular weight is 406 g/mol. The fraction of sp³-hybridized carbons (Fsp3) is 0.333. The normalized spacial score (nSPS) is 14.1. The molecule has 1 aliphatic rings. The van der Waals surface area contributed by atoms with Gasteiger partial charge in [0.25, 0.3) is 0 Å². The number of rotatable bonds is 6. The molecule has 3 aromatic rings. The number of furan rings is 1. The van der Waals surface area contributed by atoms with Gasteiger partial charge in [0.2, 0.25) is 11.8 Å². The zero-order valence-corrected chi connectivity index (χ0v) is 17.3. The van der Waals surface area contributed by atoms with E-state index < -0.39 is 0 Å². The predicted molar refractivity (Wildman–Crippen MR) is 116 cm³/mol. The van der Waals surface area contributed by atoms with Crippen LogP contribution < -0.4 is 9.64 Å². The summed E-state index contributed by atoms with van der Waals surface area (Å²) in [5.74, 6) is 1.34. The molecule has 0 bridgehead atoms. The van der Waals surface area contributed by atoms with Gasteiger partial charge in [-0.3, -0.25) is 9.59 Å². The number of hydrogen-bond donors (Lipinski definition) is 0. The average Bonchev–Trinajstić information content (AvgIpc) is 3.22. The molecule has 1 aliphatic heterocycles. The maximum atomic E-state index is 12.9. The number of ether oxygens (including phenoxy) is 1. The minimum Gasteiger partial charge on any atom is -0.490 e. The Morgan fingerprint density at radius 2 is 1.87 bits per heavy atom. The Balaban J connectivity index is 1.41. The summed E-state index contributed by atoms with van der Waals surface area (Å²) in [6.45, 7) is 5.40. The molecule has 0 fully saturated rings. The van der Waals surface area contributed by atoms with E-state index in [0.29, 0.717) is 25.4 Å². The van der Waals surface area contributed by atoms with Crippen LogP contribution in [-0.4, -0.2) is 36.4 Å². The summed E-state index contributed by atoms with van der Waals surface area (Å²) in [4.78, 5) is 29.2. The monoisotopic (exact) mass is 406 g/mol. The van der Waals surface area contributed by atoms with Gasteiger partial charge in [-0.25, -0.2) is 0 Å². The molecule has 0 saturated carbocycles. The summed E-state index contributed by atoms with van der Waals surface area (Å²) in [5.41, 5.74) is 1.58. The summed E-state index contributed by atoms with van der Waals surface area (Å²) >= 11 is 0. The largest absolute Gasteiger partial charge is 0.490 e. The second kappa shape index (κ2) is 8.61. The van der Waals surface area contributed by atoms with Crippen molar-refractivity contribution in [3.8, 4) is 5.75 Å². The van der Waals surface area contributed by atoms with Crippen LogP contribution in [0.3, 0.4) is 0 Å². The highest BCUT2D eigenvalue weighted by Gasteiger charge is 2.26. The van der Waals surface area contributed by atoms with Crippen molar-refractivity contribution in [3.05, 3.63) is 60.4 Å². The van der Waals surface area contributed by atoms with Crippen LogP contribution in [0.5, 0.6) is 5.75 Å². The van der Waals surface area contributed by atoms with E-state index in [2.05, 4.69) is 0 Å². The van der Waals surface area contributed by atoms with Crippen LogP contribution in [-0.2, 0) is 9.59 Å². The molecule has 0 aliphatic carbocycles. The molecule has 1 atom stereocenters. The van der Waals surface area contributed by atoms with Gasteiger partial charge in [0.15, 0.2) is 0 Å². The van der Waals surface area contributed by atoms with E-state index in [9.17, 15) is 9.59 Å². The Bertz CT molecular complexity index is 1030. The zero-order chi connectivity index (χ0) is 21.1. The number of fused-ring (bicyclic) bond motifs is 2. The van der Waals surface area contributed by atoms with E-state index in [1.807, 2.05) is 68.4 Å². The van der Waals surface area contributed by atoms with Gasteiger partial charge in [-0.1, -0.05) is 30.3 Å². The number of carbonyl (C=O) groups excluding carboxylic acids is 2. The Kier molecular flexibility index (Phi) is 5.74. The van der Waals surface area contributed by atoms with Gasteiger partial charge < -0.3 is 19.0 Å². The standard InChI is InChI=1S/C24H26N2O4/c1-3-25(17(2)22-16-18-8-4-6-10-20(18)30-22)23(27)12-13-24(28)26-14-15-29-21-11-7-5-9-19(21)26/h4-11,16-17H,3,12-15H2,1-2H3. The highest BCUT2D eigenvalue weighted by molar-refractivity contribution is 5.97. The smallest absolute Gasteiger partial charge is 0.227 e. The van der Waals surface area contributed by atoms with Crippen LogP contribution in [0.4, 0.5) is 5.69 Å². The summed E-state index contributed by atoms with van der Waals surface area (Å²) in [7, 11) is 0. The molecule has 1 unspecified atom stereocenters. The third kappa shape index (κ3) is 3.90. The lowest BCUT2D eigenvalue weighted by Crippen LogP contribution is -2.39. The SMILES string of the molecule is CCN(C(=O)CCC(=O)N1CCOc2ccccc21)C(C)c1cc2ccccc2o1. The van der Waals surface area contributed by atoms with Gasteiger partial charge in [0.05, 0.1) is 18.3 Å².